The summed E-state index contributed by atoms with van der Waals surface area (Å²) in [5, 5.41) is 9.70. The molecule has 16 heavy (non-hydrogen) atoms. The zero-order valence-electron chi connectivity index (χ0n) is 8.64. The molecule has 2 aromatic rings. The van der Waals surface area contributed by atoms with Gasteiger partial charge in [0.15, 0.2) is 5.82 Å². The molecule has 0 saturated heterocycles. The summed E-state index contributed by atoms with van der Waals surface area (Å²) < 4.78 is 13.5. The molecule has 1 N–H and O–H groups in total. The Hall–Kier alpha value is -1.55. The van der Waals surface area contributed by atoms with Crippen molar-refractivity contribution >= 4 is 11.8 Å². The summed E-state index contributed by atoms with van der Waals surface area (Å²) >= 11 is 1.27. The third-order valence-electron chi connectivity index (χ3n) is 2.18. The highest BCUT2D eigenvalue weighted by Crippen LogP contribution is 2.25. The van der Waals surface area contributed by atoms with E-state index in [4.69, 9.17) is 0 Å². The van der Waals surface area contributed by atoms with Crippen LogP contribution in [0.25, 0.3) is 11.1 Å². The lowest BCUT2D eigenvalue weighted by Gasteiger charge is -2.04. The summed E-state index contributed by atoms with van der Waals surface area (Å²) in [6, 6.07) is 8.09. The van der Waals surface area contributed by atoms with Crippen LogP contribution in [0.1, 0.15) is 0 Å². The highest BCUT2D eigenvalue weighted by atomic mass is 32.2. The van der Waals surface area contributed by atoms with Gasteiger partial charge in [0.25, 0.3) is 0 Å². The number of hydrogen-bond donors (Lipinski definition) is 1. The minimum atomic E-state index is -0.339. The number of rotatable bonds is 2. The van der Waals surface area contributed by atoms with Gasteiger partial charge in [-0.15, -0.1) is 11.8 Å². The maximum Gasteiger partial charge on any atom is 0.155 e. The lowest BCUT2D eigenvalue weighted by atomic mass is 10.1. The summed E-state index contributed by atoms with van der Waals surface area (Å²) in [5.74, 6) is -0.180. The maximum atomic E-state index is 13.5. The van der Waals surface area contributed by atoms with E-state index in [0.717, 1.165) is 5.56 Å². The molecular formula is C12H10FNOS. The highest BCUT2D eigenvalue weighted by molar-refractivity contribution is 7.98. The van der Waals surface area contributed by atoms with Gasteiger partial charge in [-0.25, -0.2) is 9.37 Å². The molecule has 0 radical (unpaired) electrons. The average molecular weight is 235 g/mol. The molecule has 0 aliphatic rings. The number of aromatic nitrogens is 1. The predicted molar refractivity (Wildman–Crippen MR) is 63.1 cm³/mol. The lowest BCUT2D eigenvalue weighted by Crippen LogP contribution is -1.88. The standard InChI is InChI=1S/C12H10FNOS/c1-16-12-11(13)6-9(7-14-12)8-3-2-4-10(15)5-8/h2-7,15H,1H3. The van der Waals surface area contributed by atoms with Crippen LogP contribution in [0.2, 0.25) is 0 Å². The fourth-order valence-electron chi connectivity index (χ4n) is 1.42. The van der Waals surface area contributed by atoms with Gasteiger partial charge in [-0.3, -0.25) is 0 Å². The van der Waals surface area contributed by atoms with Crippen molar-refractivity contribution in [2.75, 3.05) is 6.26 Å². The number of hydrogen-bond acceptors (Lipinski definition) is 3. The summed E-state index contributed by atoms with van der Waals surface area (Å²) in [4.78, 5) is 4.01. The molecule has 0 atom stereocenters. The van der Waals surface area contributed by atoms with Gasteiger partial charge in [-0.2, -0.15) is 0 Å². The fourth-order valence-corrected chi connectivity index (χ4v) is 1.83. The number of thioether (sulfide) groups is 1. The van der Waals surface area contributed by atoms with Gasteiger partial charge in [-0.1, -0.05) is 12.1 Å². The maximum absolute atomic E-state index is 13.5. The Balaban J connectivity index is 2.45. The molecule has 0 aliphatic heterocycles. The quantitative estimate of drug-likeness (QED) is 0.811. The molecule has 1 heterocycles. The van der Waals surface area contributed by atoms with Gasteiger partial charge < -0.3 is 5.11 Å². The normalized spacial score (nSPS) is 10.4. The van der Waals surface area contributed by atoms with E-state index in [1.807, 2.05) is 0 Å². The summed E-state index contributed by atoms with van der Waals surface area (Å²) in [5.41, 5.74) is 1.41. The number of nitrogens with zero attached hydrogens (tertiary/aromatic N) is 1. The molecule has 2 nitrogen and oxygen atoms in total. The van der Waals surface area contributed by atoms with Gasteiger partial charge in [0.1, 0.15) is 10.8 Å². The molecule has 1 aromatic carbocycles. The van der Waals surface area contributed by atoms with E-state index in [0.29, 0.717) is 10.6 Å². The minimum Gasteiger partial charge on any atom is -0.508 e. The van der Waals surface area contributed by atoms with Crippen LogP contribution in [0, 0.1) is 5.82 Å². The Labute approximate surface area is 97.2 Å². The monoisotopic (exact) mass is 235 g/mol. The van der Waals surface area contributed by atoms with E-state index >= 15 is 0 Å². The summed E-state index contributed by atoms with van der Waals surface area (Å²) in [6.07, 6.45) is 3.38. The SMILES string of the molecule is CSc1ncc(-c2cccc(O)c2)cc1F. The minimum absolute atomic E-state index is 0.159. The number of phenolic OH excluding ortho intramolecular Hbond substituents is 1. The first-order valence-corrected chi connectivity index (χ1v) is 5.92. The molecular weight excluding hydrogens is 225 g/mol. The topological polar surface area (TPSA) is 33.1 Å². The molecule has 4 heteroatoms. The van der Waals surface area contributed by atoms with Gasteiger partial charge in [0.2, 0.25) is 0 Å². The first-order chi connectivity index (χ1) is 7.70. The molecule has 0 spiro atoms. The molecule has 0 unspecified atom stereocenters. The van der Waals surface area contributed by atoms with E-state index in [2.05, 4.69) is 4.98 Å². The van der Waals surface area contributed by atoms with E-state index in [1.54, 1.807) is 36.7 Å². The molecule has 82 valence electrons. The van der Waals surface area contributed by atoms with Gasteiger partial charge in [-0.05, 0) is 30.0 Å². The van der Waals surface area contributed by atoms with Crippen molar-refractivity contribution in [1.82, 2.24) is 4.98 Å². The van der Waals surface area contributed by atoms with Gasteiger partial charge >= 0.3 is 0 Å². The first kappa shape index (κ1) is 11.0. The Morgan fingerprint density at radius 1 is 1.25 bits per heavy atom. The largest absolute Gasteiger partial charge is 0.508 e. The fraction of sp³-hybridized carbons (Fsp3) is 0.0833. The number of pyridine rings is 1. The van der Waals surface area contributed by atoms with Crippen molar-refractivity contribution in [3.63, 3.8) is 0 Å². The highest BCUT2D eigenvalue weighted by Gasteiger charge is 2.05. The predicted octanol–water partition coefficient (Wildman–Crippen LogP) is 3.32. The smallest absolute Gasteiger partial charge is 0.155 e. The molecule has 0 amide bonds. The Kier molecular flexibility index (Phi) is 3.10. The Bertz CT molecular complexity index is 516. The molecule has 2 rings (SSSR count). The third-order valence-corrected chi connectivity index (χ3v) is 2.87. The van der Waals surface area contributed by atoms with Crippen molar-refractivity contribution in [3.05, 3.63) is 42.3 Å². The van der Waals surface area contributed by atoms with Crippen LogP contribution in [0.3, 0.4) is 0 Å². The van der Waals surface area contributed by atoms with Crippen molar-refractivity contribution in [1.29, 1.82) is 0 Å². The number of phenols is 1. The molecule has 0 saturated carbocycles. The molecule has 0 bridgehead atoms. The molecule has 0 aliphatic carbocycles. The van der Waals surface area contributed by atoms with Gasteiger partial charge in [0.05, 0.1) is 0 Å². The van der Waals surface area contributed by atoms with Gasteiger partial charge in [0, 0.05) is 11.8 Å². The lowest BCUT2D eigenvalue weighted by molar-refractivity contribution is 0.475. The number of benzene rings is 1. The zero-order valence-corrected chi connectivity index (χ0v) is 9.46. The van der Waals surface area contributed by atoms with Crippen LogP contribution in [0.15, 0.2) is 41.6 Å². The van der Waals surface area contributed by atoms with Crippen LogP contribution in [-0.4, -0.2) is 16.3 Å². The Morgan fingerprint density at radius 2 is 2.06 bits per heavy atom. The van der Waals surface area contributed by atoms with E-state index < -0.39 is 0 Å². The van der Waals surface area contributed by atoms with E-state index in [9.17, 15) is 9.50 Å². The second kappa shape index (κ2) is 4.53. The van der Waals surface area contributed by atoms with Crippen molar-refractivity contribution in [2.45, 2.75) is 5.03 Å². The first-order valence-electron chi connectivity index (χ1n) is 4.69. The van der Waals surface area contributed by atoms with Crippen LogP contribution in [0.5, 0.6) is 5.75 Å². The summed E-state index contributed by atoms with van der Waals surface area (Å²) in [6.45, 7) is 0. The molecule has 0 fully saturated rings. The van der Waals surface area contributed by atoms with Crippen molar-refractivity contribution < 1.29 is 9.50 Å². The van der Waals surface area contributed by atoms with Crippen molar-refractivity contribution in [2.24, 2.45) is 0 Å². The van der Waals surface area contributed by atoms with Crippen LogP contribution < -0.4 is 0 Å². The van der Waals surface area contributed by atoms with Crippen molar-refractivity contribution in [3.8, 4) is 16.9 Å². The second-order valence-electron chi connectivity index (χ2n) is 3.27. The zero-order chi connectivity index (χ0) is 11.5. The van der Waals surface area contributed by atoms with Crippen LogP contribution in [-0.2, 0) is 0 Å². The average Bonchev–Trinajstić information content (AvgIpc) is 2.29. The Morgan fingerprint density at radius 3 is 2.69 bits per heavy atom. The van der Waals surface area contributed by atoms with E-state index in [1.165, 1.54) is 17.8 Å². The molecule has 1 aromatic heterocycles. The number of halogens is 1. The summed E-state index contributed by atoms with van der Waals surface area (Å²) in [7, 11) is 0. The third kappa shape index (κ3) is 2.17. The van der Waals surface area contributed by atoms with E-state index in [-0.39, 0.29) is 11.6 Å². The second-order valence-corrected chi connectivity index (χ2v) is 4.06. The van der Waals surface area contributed by atoms with Crippen LogP contribution >= 0.6 is 11.8 Å². The number of aromatic hydroxyl groups is 1. The van der Waals surface area contributed by atoms with Crippen LogP contribution in [0.4, 0.5) is 4.39 Å².